The second-order valence-corrected chi connectivity index (χ2v) is 6.91. The largest absolute Gasteiger partial charge is 0.469 e. The van der Waals surface area contributed by atoms with Gasteiger partial charge in [0.2, 0.25) is 0 Å². The van der Waals surface area contributed by atoms with Gasteiger partial charge >= 0.3 is 12.1 Å². The fourth-order valence-corrected chi connectivity index (χ4v) is 2.58. The summed E-state index contributed by atoms with van der Waals surface area (Å²) in [6, 6.07) is 0. The van der Waals surface area contributed by atoms with Crippen LogP contribution >= 0.6 is 24.0 Å². The number of hydrogen-bond donors (Lipinski definition) is 2. The van der Waals surface area contributed by atoms with Crippen LogP contribution in [-0.4, -0.2) is 68.9 Å². The van der Waals surface area contributed by atoms with E-state index in [1.165, 1.54) is 7.11 Å². The Morgan fingerprint density at radius 2 is 1.80 bits per heavy atom. The lowest BCUT2D eigenvalue weighted by molar-refractivity contribution is -0.145. The van der Waals surface area contributed by atoms with E-state index in [-0.39, 0.29) is 41.8 Å². The number of alkyl carbamates (subject to hydrolysis) is 1. The Morgan fingerprint density at radius 3 is 2.32 bits per heavy atom. The minimum absolute atomic E-state index is 0. The first kappa shape index (κ1) is 23.7. The molecule has 1 amide bonds. The number of guanidine groups is 1. The third-order valence-electron chi connectivity index (χ3n) is 3.70. The minimum Gasteiger partial charge on any atom is -0.469 e. The number of esters is 1. The highest BCUT2D eigenvalue weighted by Crippen LogP contribution is 2.23. The molecule has 146 valence electrons. The van der Waals surface area contributed by atoms with Crippen molar-refractivity contribution in [3.8, 4) is 0 Å². The number of amides is 1. The normalized spacial score (nSPS) is 20.6. The molecule has 1 fully saturated rings. The number of carbonyl (C=O) groups excluding carboxylic acids is 2. The van der Waals surface area contributed by atoms with E-state index in [1.807, 2.05) is 32.6 Å². The summed E-state index contributed by atoms with van der Waals surface area (Å²) >= 11 is 0. The highest BCUT2D eigenvalue weighted by Gasteiger charge is 2.36. The molecule has 0 aromatic heterocycles. The topological polar surface area (TPSA) is 92.3 Å². The molecular weight excluding hydrogens is 439 g/mol. The zero-order chi connectivity index (χ0) is 18.3. The number of aliphatic imine (C=N–C) groups is 1. The van der Waals surface area contributed by atoms with Crippen LogP contribution in [0.4, 0.5) is 4.79 Å². The van der Waals surface area contributed by atoms with E-state index < -0.39 is 11.7 Å². The van der Waals surface area contributed by atoms with Crippen LogP contribution in [0.3, 0.4) is 0 Å². The Bertz CT molecular complexity index is 479. The molecule has 0 radical (unpaired) electrons. The Labute approximate surface area is 167 Å². The average molecular weight is 470 g/mol. The maximum atomic E-state index is 11.8. The molecule has 0 bridgehead atoms. The summed E-state index contributed by atoms with van der Waals surface area (Å²) in [4.78, 5) is 29.6. The fraction of sp³-hybridized carbons (Fsp3) is 0.812. The van der Waals surface area contributed by atoms with Gasteiger partial charge in [-0.15, -0.1) is 24.0 Å². The van der Waals surface area contributed by atoms with Crippen molar-refractivity contribution < 1.29 is 19.1 Å². The Balaban J connectivity index is 0.00000576. The molecule has 2 atom stereocenters. The molecule has 8 nitrogen and oxygen atoms in total. The maximum absolute atomic E-state index is 11.8. The molecule has 0 aliphatic carbocycles. The Hall–Kier alpha value is -1.26. The van der Waals surface area contributed by atoms with Crippen molar-refractivity contribution in [1.29, 1.82) is 0 Å². The number of hydrogen-bond acceptors (Lipinski definition) is 5. The van der Waals surface area contributed by atoms with Gasteiger partial charge in [-0.2, -0.15) is 0 Å². The fourth-order valence-electron chi connectivity index (χ4n) is 2.58. The van der Waals surface area contributed by atoms with Gasteiger partial charge in [-0.3, -0.25) is 9.79 Å². The van der Waals surface area contributed by atoms with Gasteiger partial charge in [0.25, 0.3) is 0 Å². The quantitative estimate of drug-likeness (QED) is 0.213. The number of halogens is 1. The van der Waals surface area contributed by atoms with Crippen molar-refractivity contribution in [2.75, 3.05) is 40.3 Å². The monoisotopic (exact) mass is 470 g/mol. The van der Waals surface area contributed by atoms with Crippen LogP contribution in [0, 0.1) is 11.8 Å². The number of likely N-dealkylation sites (tertiary alicyclic amines) is 1. The van der Waals surface area contributed by atoms with Crippen molar-refractivity contribution in [1.82, 2.24) is 15.5 Å². The van der Waals surface area contributed by atoms with Gasteiger partial charge < -0.3 is 25.0 Å². The van der Waals surface area contributed by atoms with Crippen molar-refractivity contribution in [3.63, 3.8) is 0 Å². The van der Waals surface area contributed by atoms with Crippen LogP contribution in [-0.2, 0) is 14.3 Å². The molecule has 0 saturated carbocycles. The predicted molar refractivity (Wildman–Crippen MR) is 107 cm³/mol. The van der Waals surface area contributed by atoms with Gasteiger partial charge in [0.15, 0.2) is 5.96 Å². The number of methoxy groups -OCH3 is 1. The second kappa shape index (κ2) is 10.7. The lowest BCUT2D eigenvalue weighted by atomic mass is 9.99. The summed E-state index contributed by atoms with van der Waals surface area (Å²) in [6.07, 6.45) is -0.445. The summed E-state index contributed by atoms with van der Waals surface area (Å²) in [5, 5.41) is 5.86. The average Bonchev–Trinajstić information content (AvgIpc) is 2.86. The standard InChI is InChI=1S/C16H30N4O4.HI/c1-11-9-20(10-12(11)13(21)23-6)14(17-5)18-7-8-19-15(22)24-16(2,3)4;/h11-12H,7-10H2,1-6H3,(H,17,18)(H,19,22);1H. The van der Waals surface area contributed by atoms with Crippen LogP contribution < -0.4 is 10.6 Å². The van der Waals surface area contributed by atoms with Gasteiger partial charge in [0.1, 0.15) is 5.60 Å². The first-order chi connectivity index (χ1) is 11.2. The van der Waals surface area contributed by atoms with Gasteiger partial charge in [-0.05, 0) is 26.7 Å². The van der Waals surface area contributed by atoms with E-state index >= 15 is 0 Å². The lowest BCUT2D eigenvalue weighted by Crippen LogP contribution is -2.44. The molecule has 25 heavy (non-hydrogen) atoms. The number of nitrogens with zero attached hydrogens (tertiary/aromatic N) is 2. The van der Waals surface area contributed by atoms with Gasteiger partial charge in [-0.25, -0.2) is 4.79 Å². The van der Waals surface area contributed by atoms with Crippen molar-refractivity contribution in [2.24, 2.45) is 16.8 Å². The van der Waals surface area contributed by atoms with Crippen LogP contribution in [0.15, 0.2) is 4.99 Å². The third kappa shape index (κ3) is 8.10. The van der Waals surface area contributed by atoms with Gasteiger partial charge in [0, 0.05) is 33.2 Å². The molecule has 9 heteroatoms. The first-order valence-corrected chi connectivity index (χ1v) is 8.18. The van der Waals surface area contributed by atoms with Crippen molar-refractivity contribution >= 4 is 42.0 Å². The Morgan fingerprint density at radius 1 is 1.20 bits per heavy atom. The smallest absolute Gasteiger partial charge is 0.407 e. The van der Waals surface area contributed by atoms with Gasteiger partial charge in [0.05, 0.1) is 13.0 Å². The van der Waals surface area contributed by atoms with E-state index in [1.54, 1.807) is 7.05 Å². The second-order valence-electron chi connectivity index (χ2n) is 6.91. The summed E-state index contributed by atoms with van der Waals surface area (Å²) in [5.74, 6) is 0.579. The third-order valence-corrected chi connectivity index (χ3v) is 3.70. The first-order valence-electron chi connectivity index (χ1n) is 8.18. The van der Waals surface area contributed by atoms with E-state index in [4.69, 9.17) is 9.47 Å². The SMILES string of the molecule is CN=C(NCCNC(=O)OC(C)(C)C)N1CC(C)C(C(=O)OC)C1.I. The maximum Gasteiger partial charge on any atom is 0.407 e. The molecule has 0 aromatic carbocycles. The van der Waals surface area contributed by atoms with Crippen LogP contribution in [0.1, 0.15) is 27.7 Å². The molecule has 1 saturated heterocycles. The summed E-state index contributed by atoms with van der Waals surface area (Å²) in [5.41, 5.74) is -0.512. The molecule has 1 aliphatic rings. The zero-order valence-electron chi connectivity index (χ0n) is 15.9. The summed E-state index contributed by atoms with van der Waals surface area (Å²) < 4.78 is 10.0. The number of nitrogens with one attached hydrogen (secondary N) is 2. The Kier molecular flexibility index (Phi) is 10.1. The molecule has 0 aromatic rings. The highest BCUT2D eigenvalue weighted by atomic mass is 127. The zero-order valence-corrected chi connectivity index (χ0v) is 18.2. The molecule has 1 heterocycles. The van der Waals surface area contributed by atoms with Crippen LogP contribution in [0.2, 0.25) is 0 Å². The van der Waals surface area contributed by atoms with Gasteiger partial charge in [-0.1, -0.05) is 6.92 Å². The lowest BCUT2D eigenvalue weighted by Gasteiger charge is -2.22. The van der Waals surface area contributed by atoms with Crippen molar-refractivity contribution in [2.45, 2.75) is 33.3 Å². The van der Waals surface area contributed by atoms with Crippen LogP contribution in [0.5, 0.6) is 0 Å². The molecule has 1 rings (SSSR count). The van der Waals surface area contributed by atoms with Crippen molar-refractivity contribution in [3.05, 3.63) is 0 Å². The molecule has 0 spiro atoms. The van der Waals surface area contributed by atoms with E-state index in [0.717, 1.165) is 6.54 Å². The molecule has 2 N–H and O–H groups in total. The molecule has 1 aliphatic heterocycles. The van der Waals surface area contributed by atoms with Crippen LogP contribution in [0.25, 0.3) is 0 Å². The molecule has 2 unspecified atom stereocenters. The predicted octanol–water partition coefficient (Wildman–Crippen LogP) is 1.45. The summed E-state index contributed by atoms with van der Waals surface area (Å²) in [6.45, 7) is 9.72. The number of ether oxygens (including phenoxy) is 2. The van der Waals surface area contributed by atoms with E-state index in [2.05, 4.69) is 15.6 Å². The number of rotatable bonds is 4. The van der Waals surface area contributed by atoms with E-state index in [0.29, 0.717) is 25.6 Å². The minimum atomic E-state index is -0.512. The number of carbonyl (C=O) groups is 2. The van der Waals surface area contributed by atoms with E-state index in [9.17, 15) is 9.59 Å². The summed E-state index contributed by atoms with van der Waals surface area (Å²) in [7, 11) is 3.10. The highest BCUT2D eigenvalue weighted by molar-refractivity contribution is 14.0. The molecular formula is C16H31IN4O4.